The Morgan fingerprint density at radius 3 is 2.74 bits per heavy atom. The van der Waals surface area contributed by atoms with Gasteiger partial charge in [-0.3, -0.25) is 9.69 Å². The minimum atomic E-state index is -0.752. The Balaban J connectivity index is 1.83. The number of hydrogen-bond acceptors (Lipinski definition) is 6. The van der Waals surface area contributed by atoms with Gasteiger partial charge in [0, 0.05) is 12.7 Å². The van der Waals surface area contributed by atoms with Gasteiger partial charge in [-0.05, 0) is 30.5 Å². The van der Waals surface area contributed by atoms with Crippen LogP contribution in [0.25, 0.3) is 0 Å². The van der Waals surface area contributed by atoms with Crippen LogP contribution in [0.4, 0.5) is 0 Å². The monoisotopic (exact) mass is 446 g/mol. The molecule has 0 bridgehead atoms. The molecule has 1 aliphatic rings. The first kappa shape index (κ1) is 22.4. The number of hydrogen-bond donors (Lipinski definition) is 1. The zero-order valence-corrected chi connectivity index (χ0v) is 17.7. The van der Waals surface area contributed by atoms with Crippen LogP contribution in [0.15, 0.2) is 53.8 Å². The highest BCUT2D eigenvalue weighted by atomic mass is 35.5. The highest BCUT2D eigenvalue weighted by molar-refractivity contribution is 6.29. The second-order valence-corrected chi connectivity index (χ2v) is 7.26. The number of carbonyl (C=O) groups is 1. The van der Waals surface area contributed by atoms with E-state index in [1.165, 1.54) is 0 Å². The molecule has 11 heteroatoms. The van der Waals surface area contributed by atoms with Crippen molar-refractivity contribution in [2.75, 3.05) is 19.9 Å². The lowest BCUT2D eigenvalue weighted by Crippen LogP contribution is -2.61. The van der Waals surface area contributed by atoms with Crippen molar-refractivity contribution in [2.24, 2.45) is 5.10 Å². The number of benzene rings is 1. The fourth-order valence-corrected chi connectivity index (χ4v) is 3.40. The first-order valence-electron chi connectivity index (χ1n) is 9.73. The van der Waals surface area contributed by atoms with Crippen LogP contribution in [0.1, 0.15) is 18.1 Å². The summed E-state index contributed by atoms with van der Waals surface area (Å²) >= 11 is 5.85. The Labute approximate surface area is 184 Å². The zero-order chi connectivity index (χ0) is 22.2. The Bertz CT molecular complexity index is 925. The summed E-state index contributed by atoms with van der Waals surface area (Å²) in [6.07, 6.45) is 2.04. The van der Waals surface area contributed by atoms with Gasteiger partial charge in [0.05, 0.1) is 19.9 Å². The lowest BCUT2D eigenvalue weighted by Gasteiger charge is -2.40. The fourth-order valence-electron chi connectivity index (χ4n) is 3.29. The molecule has 2 heterocycles. The molecule has 1 aromatic carbocycles. The lowest BCUT2D eigenvalue weighted by molar-refractivity contribution is -0.486. The molecule has 3 rings (SSSR count). The van der Waals surface area contributed by atoms with Gasteiger partial charge >= 0.3 is 5.97 Å². The van der Waals surface area contributed by atoms with E-state index in [1.54, 1.807) is 30.2 Å². The molecule has 0 unspecified atom stereocenters. The maximum Gasteiger partial charge on any atom is 0.323 e. The summed E-state index contributed by atoms with van der Waals surface area (Å²) in [5.74, 6) is -0.241. The number of esters is 1. The van der Waals surface area contributed by atoms with Crippen molar-refractivity contribution >= 4 is 23.5 Å². The Hall–Kier alpha value is -3.24. The van der Waals surface area contributed by atoms with Gasteiger partial charge in [-0.25, -0.2) is 15.1 Å². The van der Waals surface area contributed by atoms with E-state index in [-0.39, 0.29) is 31.9 Å². The van der Waals surface area contributed by atoms with Crippen molar-refractivity contribution in [3.63, 3.8) is 0 Å². The Morgan fingerprint density at radius 1 is 1.32 bits per heavy atom. The average Bonchev–Trinajstić information content (AvgIpc) is 2.75. The molecule has 10 nitrogen and oxygen atoms in total. The lowest BCUT2D eigenvalue weighted by atomic mass is 10.0. The highest BCUT2D eigenvalue weighted by Crippen LogP contribution is 2.16. The maximum atomic E-state index is 12.7. The SMILES string of the molecule is CCOC(=O)[C@H](Cc1ccccc1)N1CN/C(=N\[N+](=O)[O-])N(Cc2ccc(Cl)nc2)C1. The number of pyridine rings is 1. The molecule has 1 aromatic heterocycles. The van der Waals surface area contributed by atoms with Gasteiger partial charge in [0.1, 0.15) is 16.3 Å². The number of nitrogens with one attached hydrogen (secondary N) is 1. The van der Waals surface area contributed by atoms with Crippen molar-refractivity contribution in [1.82, 2.24) is 20.1 Å². The normalized spacial score (nSPS) is 16.6. The van der Waals surface area contributed by atoms with E-state index in [0.717, 1.165) is 11.1 Å². The van der Waals surface area contributed by atoms with E-state index < -0.39 is 11.1 Å². The zero-order valence-electron chi connectivity index (χ0n) is 17.0. The van der Waals surface area contributed by atoms with Crippen molar-refractivity contribution in [3.8, 4) is 0 Å². The minimum Gasteiger partial charge on any atom is -0.465 e. The molecule has 0 aliphatic carbocycles. The molecule has 0 saturated carbocycles. The quantitative estimate of drug-likeness (QED) is 0.284. The maximum absolute atomic E-state index is 12.7. The number of carbonyl (C=O) groups excluding carboxylic acids is 1. The van der Waals surface area contributed by atoms with Crippen LogP contribution in [0.3, 0.4) is 0 Å². The molecule has 0 spiro atoms. The van der Waals surface area contributed by atoms with Gasteiger partial charge in [-0.15, -0.1) is 0 Å². The van der Waals surface area contributed by atoms with Crippen LogP contribution in [-0.2, 0) is 22.5 Å². The predicted octanol–water partition coefficient (Wildman–Crippen LogP) is 2.08. The molecular weight excluding hydrogens is 424 g/mol. The van der Waals surface area contributed by atoms with Crippen LogP contribution >= 0.6 is 11.6 Å². The van der Waals surface area contributed by atoms with Crippen LogP contribution in [0.2, 0.25) is 5.15 Å². The molecule has 1 atom stereocenters. The summed E-state index contributed by atoms with van der Waals surface area (Å²) in [6.45, 7) is 2.76. The Kier molecular flexibility index (Phi) is 7.74. The Morgan fingerprint density at radius 2 is 2.10 bits per heavy atom. The van der Waals surface area contributed by atoms with Gasteiger partial charge in [-0.2, -0.15) is 0 Å². The van der Waals surface area contributed by atoms with E-state index in [2.05, 4.69) is 15.4 Å². The molecule has 0 radical (unpaired) electrons. The number of nitro groups is 1. The largest absolute Gasteiger partial charge is 0.465 e. The molecule has 2 aromatic rings. The van der Waals surface area contributed by atoms with Crippen LogP contribution in [0, 0.1) is 10.1 Å². The van der Waals surface area contributed by atoms with Gasteiger partial charge in [0.15, 0.2) is 5.03 Å². The number of halogens is 1. The number of aromatic nitrogens is 1. The number of hydrazone groups is 1. The van der Waals surface area contributed by atoms with E-state index in [4.69, 9.17) is 16.3 Å². The number of guanidine groups is 1. The third kappa shape index (κ3) is 6.37. The standard InChI is InChI=1S/C20H23ClN6O4/c1-2-31-19(28)17(10-15-6-4-3-5-7-15)26-13-23-20(24-27(29)30)25(14-26)12-16-8-9-18(21)22-11-16/h3-9,11,17H,2,10,12-14H2,1H3,(H,23,24)/t17-/m0/s1. The average molecular weight is 447 g/mol. The summed E-state index contributed by atoms with van der Waals surface area (Å²) < 4.78 is 5.30. The highest BCUT2D eigenvalue weighted by Gasteiger charge is 2.34. The molecule has 1 aliphatic heterocycles. The minimum absolute atomic E-state index is 0.110. The second kappa shape index (κ2) is 10.7. The van der Waals surface area contributed by atoms with Crippen molar-refractivity contribution < 1.29 is 14.6 Å². The predicted molar refractivity (Wildman–Crippen MR) is 114 cm³/mol. The van der Waals surface area contributed by atoms with Crippen molar-refractivity contribution in [3.05, 3.63) is 75.1 Å². The van der Waals surface area contributed by atoms with E-state index in [9.17, 15) is 14.9 Å². The smallest absolute Gasteiger partial charge is 0.323 e. The number of rotatable bonds is 8. The molecule has 1 fully saturated rings. The molecule has 1 N–H and O–H groups in total. The van der Waals surface area contributed by atoms with Crippen LogP contribution in [0.5, 0.6) is 0 Å². The van der Waals surface area contributed by atoms with E-state index >= 15 is 0 Å². The van der Waals surface area contributed by atoms with Gasteiger partial charge in [-0.1, -0.05) is 48.0 Å². The second-order valence-electron chi connectivity index (χ2n) is 6.87. The summed E-state index contributed by atoms with van der Waals surface area (Å²) in [7, 11) is 0. The van der Waals surface area contributed by atoms with Crippen LogP contribution in [-0.4, -0.2) is 57.7 Å². The third-order valence-corrected chi connectivity index (χ3v) is 4.93. The number of nitrogens with zero attached hydrogens (tertiary/aromatic N) is 5. The van der Waals surface area contributed by atoms with Gasteiger partial charge < -0.3 is 15.0 Å². The van der Waals surface area contributed by atoms with Crippen LogP contribution < -0.4 is 5.32 Å². The molecule has 0 amide bonds. The summed E-state index contributed by atoms with van der Waals surface area (Å²) in [4.78, 5) is 31.3. The first-order valence-corrected chi connectivity index (χ1v) is 10.1. The molecule has 164 valence electrons. The molecular formula is C20H23ClN6O4. The van der Waals surface area contributed by atoms with Crippen molar-refractivity contribution in [2.45, 2.75) is 25.9 Å². The van der Waals surface area contributed by atoms with Crippen molar-refractivity contribution in [1.29, 1.82) is 0 Å². The number of ether oxygens (including phenoxy) is 1. The molecule has 31 heavy (non-hydrogen) atoms. The summed E-state index contributed by atoms with van der Waals surface area (Å²) in [5, 5.41) is 17.0. The third-order valence-electron chi connectivity index (χ3n) is 4.70. The van der Waals surface area contributed by atoms with Gasteiger partial charge in [0.25, 0.3) is 5.96 Å². The van der Waals surface area contributed by atoms with Gasteiger partial charge in [0.2, 0.25) is 0 Å². The topological polar surface area (TPSA) is 113 Å². The van der Waals surface area contributed by atoms with E-state index in [0.29, 0.717) is 18.1 Å². The summed E-state index contributed by atoms with van der Waals surface area (Å²) in [5.41, 5.74) is 1.78. The summed E-state index contributed by atoms with van der Waals surface area (Å²) in [6, 6.07) is 12.5. The molecule has 1 saturated heterocycles. The fraction of sp³-hybridized carbons (Fsp3) is 0.350. The first-order chi connectivity index (χ1) is 15.0. The van der Waals surface area contributed by atoms with E-state index in [1.807, 2.05) is 35.2 Å².